The summed E-state index contributed by atoms with van der Waals surface area (Å²) in [7, 11) is 3.50. The lowest BCUT2D eigenvalue weighted by atomic mass is 9.84. The van der Waals surface area contributed by atoms with Crippen LogP contribution in [0.5, 0.6) is 0 Å². The average Bonchev–Trinajstić information content (AvgIpc) is 2.44. The second-order valence-electron chi connectivity index (χ2n) is 6.01. The van der Waals surface area contributed by atoms with Crippen molar-refractivity contribution in [3.05, 3.63) is 0 Å². The van der Waals surface area contributed by atoms with Crippen molar-refractivity contribution in [1.29, 1.82) is 0 Å². The zero-order valence-electron chi connectivity index (χ0n) is 13.5. The highest BCUT2D eigenvalue weighted by molar-refractivity contribution is 5.85. The molecular weight excluding hydrogens is 290 g/mol. The van der Waals surface area contributed by atoms with E-state index in [-0.39, 0.29) is 24.2 Å². The number of nitrogens with zero attached hydrogens (tertiary/aromatic N) is 1. The van der Waals surface area contributed by atoms with Gasteiger partial charge < -0.3 is 15.5 Å². The Labute approximate surface area is 134 Å². The second kappa shape index (κ2) is 10.9. The Morgan fingerprint density at radius 3 is 2.48 bits per heavy atom. The molecule has 2 N–H and O–H groups in total. The van der Waals surface area contributed by atoms with Crippen LogP contribution in [-0.4, -0.2) is 50.4 Å². The lowest BCUT2D eigenvalue weighted by Crippen LogP contribution is -2.34. The van der Waals surface area contributed by atoms with Crippen LogP contribution in [0, 0.1) is 11.8 Å². The zero-order valence-corrected chi connectivity index (χ0v) is 14.3. The minimum atomic E-state index is 0. The molecule has 2 amide bonds. The Morgan fingerprint density at radius 1 is 1.29 bits per heavy atom. The van der Waals surface area contributed by atoms with Crippen molar-refractivity contribution in [2.45, 2.75) is 39.0 Å². The Bertz CT molecular complexity index is 318. The normalized spacial score (nSPS) is 16.7. The minimum absolute atomic E-state index is 0. The third-order valence-corrected chi connectivity index (χ3v) is 4.08. The molecule has 1 rings (SSSR count). The maximum atomic E-state index is 11.9. The number of nitrogens with one attached hydrogen (secondary N) is 2. The van der Waals surface area contributed by atoms with E-state index in [4.69, 9.17) is 0 Å². The molecule has 0 spiro atoms. The van der Waals surface area contributed by atoms with Crippen LogP contribution < -0.4 is 10.6 Å². The van der Waals surface area contributed by atoms with Gasteiger partial charge in [-0.05, 0) is 44.2 Å². The Hall–Kier alpha value is -0.810. The van der Waals surface area contributed by atoms with Gasteiger partial charge in [-0.25, -0.2) is 0 Å². The molecule has 0 aromatic heterocycles. The summed E-state index contributed by atoms with van der Waals surface area (Å²) >= 11 is 0. The van der Waals surface area contributed by atoms with Crippen LogP contribution in [0.1, 0.15) is 39.0 Å². The van der Waals surface area contributed by atoms with Gasteiger partial charge in [-0.15, -0.1) is 12.4 Å². The molecule has 1 unspecified atom stereocenters. The number of rotatable bonds is 7. The Balaban J connectivity index is 0.00000400. The van der Waals surface area contributed by atoms with Crippen LogP contribution in [0.15, 0.2) is 0 Å². The van der Waals surface area contributed by atoms with Crippen molar-refractivity contribution >= 4 is 24.2 Å². The van der Waals surface area contributed by atoms with Gasteiger partial charge in [-0.2, -0.15) is 0 Å². The van der Waals surface area contributed by atoms with Crippen molar-refractivity contribution in [2.24, 2.45) is 11.8 Å². The Kier molecular flexibility index (Phi) is 10.4. The van der Waals surface area contributed by atoms with Crippen LogP contribution in [0.25, 0.3) is 0 Å². The second-order valence-corrected chi connectivity index (χ2v) is 6.01. The standard InChI is InChI=1S/C15H29N3O2.ClH/c1-12(13-6-9-16-10-7-13)11-14(19)17-8-4-5-15(20)18(2)3;/h12-13,16H,4-11H2,1-3H3,(H,17,19);1H. The topological polar surface area (TPSA) is 61.4 Å². The molecule has 0 saturated carbocycles. The first kappa shape index (κ1) is 20.2. The molecule has 1 aliphatic rings. The van der Waals surface area contributed by atoms with E-state index in [9.17, 15) is 9.59 Å². The summed E-state index contributed by atoms with van der Waals surface area (Å²) < 4.78 is 0. The fourth-order valence-electron chi connectivity index (χ4n) is 2.64. The van der Waals surface area contributed by atoms with Crippen LogP contribution >= 0.6 is 12.4 Å². The van der Waals surface area contributed by atoms with E-state index < -0.39 is 0 Å². The maximum absolute atomic E-state index is 11.9. The van der Waals surface area contributed by atoms with Gasteiger partial charge in [0.25, 0.3) is 0 Å². The predicted octanol–water partition coefficient (Wildman–Crippen LogP) is 1.42. The fraction of sp³-hybridized carbons (Fsp3) is 0.867. The molecule has 1 heterocycles. The number of piperidine rings is 1. The summed E-state index contributed by atoms with van der Waals surface area (Å²) in [6.07, 6.45) is 4.16. The smallest absolute Gasteiger partial charge is 0.222 e. The third kappa shape index (κ3) is 8.27. The number of hydrogen-bond acceptors (Lipinski definition) is 3. The van der Waals surface area contributed by atoms with E-state index in [1.54, 1.807) is 19.0 Å². The molecule has 0 aromatic carbocycles. The van der Waals surface area contributed by atoms with E-state index in [1.165, 1.54) is 12.8 Å². The molecule has 1 fully saturated rings. The monoisotopic (exact) mass is 319 g/mol. The van der Waals surface area contributed by atoms with Crippen molar-refractivity contribution in [3.63, 3.8) is 0 Å². The van der Waals surface area contributed by atoms with E-state index in [1.807, 2.05) is 0 Å². The van der Waals surface area contributed by atoms with Gasteiger partial charge in [0.1, 0.15) is 0 Å². The van der Waals surface area contributed by atoms with Crippen molar-refractivity contribution < 1.29 is 9.59 Å². The highest BCUT2D eigenvalue weighted by atomic mass is 35.5. The summed E-state index contributed by atoms with van der Waals surface area (Å²) in [5.74, 6) is 1.34. The largest absolute Gasteiger partial charge is 0.356 e. The highest BCUT2D eigenvalue weighted by Crippen LogP contribution is 2.23. The summed E-state index contributed by atoms with van der Waals surface area (Å²) in [6, 6.07) is 0. The number of carbonyl (C=O) groups excluding carboxylic acids is 2. The molecule has 124 valence electrons. The van der Waals surface area contributed by atoms with Crippen LogP contribution in [0.4, 0.5) is 0 Å². The molecule has 0 aromatic rings. The summed E-state index contributed by atoms with van der Waals surface area (Å²) in [5.41, 5.74) is 0. The number of carbonyl (C=O) groups is 2. The van der Waals surface area contributed by atoms with Crippen molar-refractivity contribution in [2.75, 3.05) is 33.7 Å². The van der Waals surface area contributed by atoms with E-state index in [0.717, 1.165) is 13.1 Å². The summed E-state index contributed by atoms with van der Waals surface area (Å²) in [5, 5.41) is 6.27. The molecule has 0 radical (unpaired) electrons. The predicted molar refractivity (Wildman–Crippen MR) is 87.6 cm³/mol. The van der Waals surface area contributed by atoms with Gasteiger partial charge in [0, 0.05) is 33.5 Å². The first-order chi connectivity index (χ1) is 9.50. The lowest BCUT2D eigenvalue weighted by Gasteiger charge is -2.27. The molecule has 1 atom stereocenters. The minimum Gasteiger partial charge on any atom is -0.356 e. The molecule has 0 aliphatic carbocycles. The molecule has 0 bridgehead atoms. The van der Waals surface area contributed by atoms with Gasteiger partial charge in [0.05, 0.1) is 0 Å². The van der Waals surface area contributed by atoms with Gasteiger partial charge in [0.15, 0.2) is 0 Å². The van der Waals surface area contributed by atoms with Gasteiger partial charge in [-0.1, -0.05) is 6.92 Å². The summed E-state index contributed by atoms with van der Waals surface area (Å²) in [6.45, 7) is 4.91. The quantitative estimate of drug-likeness (QED) is 0.698. The number of amides is 2. The zero-order chi connectivity index (χ0) is 15.0. The molecular formula is C15H30ClN3O2. The van der Waals surface area contributed by atoms with Crippen LogP contribution in [0.2, 0.25) is 0 Å². The van der Waals surface area contributed by atoms with Crippen molar-refractivity contribution in [1.82, 2.24) is 15.5 Å². The van der Waals surface area contributed by atoms with Gasteiger partial charge in [-0.3, -0.25) is 9.59 Å². The SMILES string of the molecule is CC(CC(=O)NCCCC(=O)N(C)C)C1CCNCC1.Cl. The average molecular weight is 320 g/mol. The van der Waals surface area contributed by atoms with E-state index in [0.29, 0.717) is 37.6 Å². The van der Waals surface area contributed by atoms with Crippen molar-refractivity contribution in [3.8, 4) is 0 Å². The molecule has 1 saturated heterocycles. The fourth-order valence-corrected chi connectivity index (χ4v) is 2.64. The first-order valence-corrected chi connectivity index (χ1v) is 7.68. The first-order valence-electron chi connectivity index (χ1n) is 7.68. The van der Waals surface area contributed by atoms with Gasteiger partial charge >= 0.3 is 0 Å². The Morgan fingerprint density at radius 2 is 1.90 bits per heavy atom. The third-order valence-electron chi connectivity index (χ3n) is 4.08. The van der Waals surface area contributed by atoms with E-state index in [2.05, 4.69) is 17.6 Å². The van der Waals surface area contributed by atoms with Gasteiger partial charge in [0.2, 0.25) is 11.8 Å². The number of hydrogen-bond donors (Lipinski definition) is 2. The lowest BCUT2D eigenvalue weighted by molar-refractivity contribution is -0.129. The maximum Gasteiger partial charge on any atom is 0.222 e. The van der Waals surface area contributed by atoms with Crippen LogP contribution in [-0.2, 0) is 9.59 Å². The molecule has 6 heteroatoms. The number of halogens is 1. The summed E-state index contributed by atoms with van der Waals surface area (Å²) in [4.78, 5) is 24.8. The van der Waals surface area contributed by atoms with E-state index >= 15 is 0 Å². The molecule has 1 aliphatic heterocycles. The van der Waals surface area contributed by atoms with Crippen LogP contribution in [0.3, 0.4) is 0 Å². The molecule has 21 heavy (non-hydrogen) atoms. The molecule has 5 nitrogen and oxygen atoms in total. The highest BCUT2D eigenvalue weighted by Gasteiger charge is 2.21.